The number of aliphatic hydroxyl groups is 1. The van der Waals surface area contributed by atoms with Crippen LogP contribution in [0.3, 0.4) is 0 Å². The lowest BCUT2D eigenvalue weighted by Crippen LogP contribution is -2.40. The molecule has 0 amide bonds. The molecule has 1 aliphatic rings. The third-order valence-electron chi connectivity index (χ3n) is 3.50. The van der Waals surface area contributed by atoms with Gasteiger partial charge in [-0.15, -0.1) is 0 Å². The molecule has 1 saturated carbocycles. The van der Waals surface area contributed by atoms with Crippen LogP contribution in [-0.2, 0) is 6.54 Å². The van der Waals surface area contributed by atoms with Crippen molar-refractivity contribution in [3.63, 3.8) is 0 Å². The minimum absolute atomic E-state index is 0.178. The van der Waals surface area contributed by atoms with E-state index < -0.39 is 0 Å². The number of rotatable bonds is 3. The molecular formula is C13H21NO2. The predicted octanol–water partition coefficient (Wildman–Crippen LogP) is 2.41. The maximum absolute atomic E-state index is 10.1. The van der Waals surface area contributed by atoms with Gasteiger partial charge in [-0.1, -0.05) is 19.3 Å². The first kappa shape index (κ1) is 11.7. The highest BCUT2D eigenvalue weighted by molar-refractivity contribution is 4.98. The third kappa shape index (κ3) is 2.86. The zero-order valence-electron chi connectivity index (χ0n) is 9.93. The van der Waals surface area contributed by atoms with Crippen molar-refractivity contribution < 1.29 is 9.52 Å². The Balaban J connectivity index is 1.94. The van der Waals surface area contributed by atoms with Gasteiger partial charge in [-0.25, -0.2) is 0 Å². The van der Waals surface area contributed by atoms with Crippen LogP contribution < -0.4 is 0 Å². The van der Waals surface area contributed by atoms with Gasteiger partial charge in [0.25, 0.3) is 0 Å². The highest BCUT2D eigenvalue weighted by Gasteiger charge is 2.25. The van der Waals surface area contributed by atoms with E-state index in [1.54, 1.807) is 6.26 Å². The third-order valence-corrected chi connectivity index (χ3v) is 3.50. The first-order valence-electron chi connectivity index (χ1n) is 6.18. The molecular weight excluding hydrogens is 202 g/mol. The summed E-state index contributed by atoms with van der Waals surface area (Å²) in [5.74, 6) is 0.971. The van der Waals surface area contributed by atoms with Crippen LogP contribution in [0, 0.1) is 0 Å². The maximum Gasteiger partial charge on any atom is 0.117 e. The van der Waals surface area contributed by atoms with E-state index in [1.165, 1.54) is 12.8 Å². The second kappa shape index (κ2) is 5.51. The number of hydrogen-bond donors (Lipinski definition) is 1. The molecule has 1 fully saturated rings. The molecule has 0 bridgehead atoms. The molecule has 16 heavy (non-hydrogen) atoms. The second-order valence-electron chi connectivity index (χ2n) is 4.77. The highest BCUT2D eigenvalue weighted by atomic mass is 16.3. The summed E-state index contributed by atoms with van der Waals surface area (Å²) >= 11 is 0. The Morgan fingerprint density at radius 2 is 2.19 bits per heavy atom. The van der Waals surface area contributed by atoms with Crippen LogP contribution in [0.1, 0.15) is 37.9 Å². The van der Waals surface area contributed by atoms with Gasteiger partial charge in [0.05, 0.1) is 18.9 Å². The normalized spacial score (nSPS) is 26.9. The number of furan rings is 1. The number of aliphatic hydroxyl groups excluding tert-OH is 1. The first-order valence-corrected chi connectivity index (χ1v) is 6.18. The van der Waals surface area contributed by atoms with Crippen LogP contribution in [0.5, 0.6) is 0 Å². The SMILES string of the molecule is CN(Cc1ccco1)C1CCCCCC1O. The van der Waals surface area contributed by atoms with Crippen LogP contribution in [0.4, 0.5) is 0 Å². The molecule has 1 aliphatic carbocycles. The molecule has 1 aromatic heterocycles. The molecule has 90 valence electrons. The van der Waals surface area contributed by atoms with Gasteiger partial charge in [0, 0.05) is 6.04 Å². The van der Waals surface area contributed by atoms with Gasteiger partial charge in [-0.3, -0.25) is 4.90 Å². The Hall–Kier alpha value is -0.800. The van der Waals surface area contributed by atoms with E-state index in [0.29, 0.717) is 0 Å². The Morgan fingerprint density at radius 1 is 1.38 bits per heavy atom. The second-order valence-corrected chi connectivity index (χ2v) is 4.77. The Labute approximate surface area is 97.1 Å². The summed E-state index contributed by atoms with van der Waals surface area (Å²) in [5.41, 5.74) is 0. The van der Waals surface area contributed by atoms with E-state index in [4.69, 9.17) is 4.42 Å². The first-order chi connectivity index (χ1) is 7.77. The summed E-state index contributed by atoms with van der Waals surface area (Å²) in [7, 11) is 2.07. The van der Waals surface area contributed by atoms with Crippen LogP contribution in [0.15, 0.2) is 22.8 Å². The van der Waals surface area contributed by atoms with Gasteiger partial charge in [-0.05, 0) is 32.0 Å². The van der Waals surface area contributed by atoms with Crippen LogP contribution in [0.25, 0.3) is 0 Å². The van der Waals surface area contributed by atoms with E-state index in [1.807, 2.05) is 12.1 Å². The van der Waals surface area contributed by atoms with Crippen molar-refractivity contribution in [2.75, 3.05) is 7.05 Å². The van der Waals surface area contributed by atoms with Crippen LogP contribution >= 0.6 is 0 Å². The van der Waals surface area contributed by atoms with Gasteiger partial charge in [0.1, 0.15) is 5.76 Å². The molecule has 0 aromatic carbocycles. The van der Waals surface area contributed by atoms with E-state index in [9.17, 15) is 5.11 Å². The molecule has 3 heteroatoms. The van der Waals surface area contributed by atoms with Gasteiger partial charge in [0.15, 0.2) is 0 Å². The molecule has 0 radical (unpaired) electrons. The van der Waals surface area contributed by atoms with Crippen molar-refractivity contribution in [3.05, 3.63) is 24.2 Å². The predicted molar refractivity (Wildman–Crippen MR) is 63.1 cm³/mol. The quantitative estimate of drug-likeness (QED) is 0.799. The molecule has 3 nitrogen and oxygen atoms in total. The standard InChI is InChI=1S/C13H21NO2/c1-14(10-11-6-5-9-16-11)12-7-3-2-4-8-13(12)15/h5-6,9,12-13,15H,2-4,7-8,10H2,1H3. The summed E-state index contributed by atoms with van der Waals surface area (Å²) in [4.78, 5) is 2.22. The maximum atomic E-state index is 10.1. The zero-order valence-corrected chi connectivity index (χ0v) is 9.93. The number of hydrogen-bond acceptors (Lipinski definition) is 3. The monoisotopic (exact) mass is 223 g/mol. The smallest absolute Gasteiger partial charge is 0.117 e. The molecule has 1 heterocycles. The van der Waals surface area contributed by atoms with E-state index >= 15 is 0 Å². The number of likely N-dealkylation sites (N-methyl/N-ethyl adjacent to an activating group) is 1. The lowest BCUT2D eigenvalue weighted by molar-refractivity contribution is 0.0513. The van der Waals surface area contributed by atoms with Gasteiger partial charge < -0.3 is 9.52 Å². The average molecular weight is 223 g/mol. The topological polar surface area (TPSA) is 36.6 Å². The summed E-state index contributed by atoms with van der Waals surface area (Å²) < 4.78 is 5.34. The van der Waals surface area contributed by atoms with Crippen LogP contribution in [0.2, 0.25) is 0 Å². The van der Waals surface area contributed by atoms with Gasteiger partial charge >= 0.3 is 0 Å². The summed E-state index contributed by atoms with van der Waals surface area (Å²) in [6, 6.07) is 4.18. The summed E-state index contributed by atoms with van der Waals surface area (Å²) in [6.45, 7) is 0.786. The van der Waals surface area contributed by atoms with Crippen molar-refractivity contribution >= 4 is 0 Å². The van der Waals surface area contributed by atoms with E-state index in [2.05, 4.69) is 11.9 Å². The molecule has 2 atom stereocenters. The number of nitrogens with zero attached hydrogens (tertiary/aromatic N) is 1. The fourth-order valence-electron chi connectivity index (χ4n) is 2.55. The fourth-order valence-corrected chi connectivity index (χ4v) is 2.55. The summed E-state index contributed by atoms with van der Waals surface area (Å²) in [5, 5.41) is 10.1. The van der Waals surface area contributed by atoms with Gasteiger partial charge in [0.2, 0.25) is 0 Å². The van der Waals surface area contributed by atoms with Crippen molar-refractivity contribution in [2.24, 2.45) is 0 Å². The Morgan fingerprint density at radius 3 is 2.94 bits per heavy atom. The molecule has 0 saturated heterocycles. The van der Waals surface area contributed by atoms with E-state index in [-0.39, 0.29) is 12.1 Å². The Bertz CT molecular complexity index is 297. The fraction of sp³-hybridized carbons (Fsp3) is 0.692. The molecule has 2 rings (SSSR count). The van der Waals surface area contributed by atoms with Crippen LogP contribution in [-0.4, -0.2) is 29.2 Å². The largest absolute Gasteiger partial charge is 0.468 e. The van der Waals surface area contributed by atoms with E-state index in [0.717, 1.165) is 31.6 Å². The van der Waals surface area contributed by atoms with Gasteiger partial charge in [-0.2, -0.15) is 0 Å². The zero-order chi connectivity index (χ0) is 11.4. The molecule has 1 aromatic rings. The van der Waals surface area contributed by atoms with Crippen molar-refractivity contribution in [3.8, 4) is 0 Å². The summed E-state index contributed by atoms with van der Waals surface area (Å²) in [6.07, 6.45) is 7.19. The van der Waals surface area contributed by atoms with Crippen molar-refractivity contribution in [1.82, 2.24) is 4.90 Å². The highest BCUT2D eigenvalue weighted by Crippen LogP contribution is 2.22. The molecule has 2 unspecified atom stereocenters. The van der Waals surface area contributed by atoms with Crippen molar-refractivity contribution in [1.29, 1.82) is 0 Å². The Kier molecular flexibility index (Phi) is 4.02. The lowest BCUT2D eigenvalue weighted by Gasteiger charge is -2.29. The minimum atomic E-state index is -0.178. The molecule has 0 aliphatic heterocycles. The van der Waals surface area contributed by atoms with Crippen molar-refractivity contribution in [2.45, 2.75) is 50.8 Å². The average Bonchev–Trinajstić information content (AvgIpc) is 2.66. The molecule has 0 spiro atoms. The lowest BCUT2D eigenvalue weighted by atomic mass is 10.0. The molecule has 1 N–H and O–H groups in total. The minimum Gasteiger partial charge on any atom is -0.468 e.